The molecule has 0 radical (unpaired) electrons. The molecule has 160 valence electrons. The molecular weight excluding hydrogens is 411 g/mol. The molecule has 1 aromatic carbocycles. The van der Waals surface area contributed by atoms with Crippen molar-refractivity contribution in [3.63, 3.8) is 0 Å². The first kappa shape index (κ1) is 20.8. The van der Waals surface area contributed by atoms with Gasteiger partial charge in [0.1, 0.15) is 22.8 Å². The average molecular weight is 435 g/mol. The maximum absolute atomic E-state index is 14.4. The van der Waals surface area contributed by atoms with Crippen LogP contribution in [0.5, 0.6) is 0 Å². The van der Waals surface area contributed by atoms with Crippen LogP contribution in [0.4, 0.5) is 4.39 Å². The topological polar surface area (TPSA) is 69.9 Å². The third-order valence-corrected chi connectivity index (χ3v) is 6.07. The van der Waals surface area contributed by atoms with Gasteiger partial charge in [0.2, 0.25) is 5.91 Å². The van der Waals surface area contributed by atoms with Gasteiger partial charge in [-0.2, -0.15) is 0 Å². The van der Waals surface area contributed by atoms with E-state index in [0.29, 0.717) is 38.5 Å². The van der Waals surface area contributed by atoms with Crippen molar-refractivity contribution in [2.75, 3.05) is 45.8 Å². The summed E-state index contributed by atoms with van der Waals surface area (Å²) in [4.78, 5) is 31.2. The lowest BCUT2D eigenvalue weighted by atomic mass is 10.0. The summed E-state index contributed by atoms with van der Waals surface area (Å²) in [6.07, 6.45) is 2.14. The Hall–Kier alpha value is -2.45. The van der Waals surface area contributed by atoms with Gasteiger partial charge < -0.3 is 14.3 Å². The van der Waals surface area contributed by atoms with Crippen molar-refractivity contribution in [1.82, 2.24) is 19.9 Å². The first-order valence-corrected chi connectivity index (χ1v) is 10.5. The van der Waals surface area contributed by atoms with Gasteiger partial charge in [0.15, 0.2) is 0 Å². The number of rotatable bonds is 4. The number of hydrogen-bond donors (Lipinski definition) is 0. The van der Waals surface area contributed by atoms with Crippen molar-refractivity contribution in [2.45, 2.75) is 19.8 Å². The minimum atomic E-state index is -0.560. The Kier molecular flexibility index (Phi) is 6.06. The third kappa shape index (κ3) is 4.06. The Labute approximate surface area is 179 Å². The van der Waals surface area contributed by atoms with E-state index in [1.54, 1.807) is 17.9 Å². The molecular formula is C21H24ClFN4O3. The summed E-state index contributed by atoms with van der Waals surface area (Å²) in [5.74, 6) is -0.358. The van der Waals surface area contributed by atoms with Crippen molar-refractivity contribution in [1.29, 1.82) is 0 Å². The van der Waals surface area contributed by atoms with Crippen LogP contribution in [0.15, 0.2) is 22.7 Å². The molecule has 0 aliphatic carbocycles. The number of piperazine rings is 1. The number of amides is 2. The van der Waals surface area contributed by atoms with E-state index in [9.17, 15) is 14.0 Å². The summed E-state index contributed by atoms with van der Waals surface area (Å²) < 4.78 is 19.6. The molecule has 0 atom stereocenters. The van der Waals surface area contributed by atoms with E-state index in [2.05, 4.69) is 10.1 Å². The highest BCUT2D eigenvalue weighted by atomic mass is 35.5. The lowest BCUT2D eigenvalue weighted by molar-refractivity contribution is -0.131. The van der Waals surface area contributed by atoms with Crippen LogP contribution in [0.1, 0.15) is 29.0 Å². The monoisotopic (exact) mass is 434 g/mol. The van der Waals surface area contributed by atoms with Gasteiger partial charge >= 0.3 is 0 Å². The molecule has 0 N–H and O–H groups in total. The van der Waals surface area contributed by atoms with E-state index in [1.807, 2.05) is 4.90 Å². The van der Waals surface area contributed by atoms with Crippen LogP contribution in [0.25, 0.3) is 11.3 Å². The van der Waals surface area contributed by atoms with Crippen molar-refractivity contribution in [2.24, 2.45) is 0 Å². The largest absolute Gasteiger partial charge is 0.360 e. The van der Waals surface area contributed by atoms with Crippen LogP contribution < -0.4 is 0 Å². The Morgan fingerprint density at radius 3 is 2.47 bits per heavy atom. The Morgan fingerprint density at radius 2 is 1.80 bits per heavy atom. The standard InChI is InChI=1S/C21H24ClFN4O3/c1-14-18(20(24-30-14)19-15(22)5-4-6-16(19)23)21(29)27-11-9-25(10-12-27)13-17(28)26-7-2-3-8-26/h4-6H,2-3,7-13H2,1H3. The van der Waals surface area contributed by atoms with E-state index in [0.717, 1.165) is 25.9 Å². The van der Waals surface area contributed by atoms with Gasteiger partial charge in [0.05, 0.1) is 17.1 Å². The number of aryl methyl sites for hydroxylation is 1. The number of aromatic nitrogens is 1. The fraction of sp³-hybridized carbons (Fsp3) is 0.476. The van der Waals surface area contributed by atoms with E-state index < -0.39 is 5.82 Å². The van der Waals surface area contributed by atoms with Crippen LogP contribution >= 0.6 is 11.6 Å². The predicted molar refractivity (Wildman–Crippen MR) is 110 cm³/mol. The molecule has 2 fully saturated rings. The summed E-state index contributed by atoms with van der Waals surface area (Å²) in [6, 6.07) is 4.32. The van der Waals surface area contributed by atoms with E-state index in [-0.39, 0.29) is 33.7 Å². The van der Waals surface area contributed by atoms with Gasteiger partial charge in [-0.3, -0.25) is 14.5 Å². The van der Waals surface area contributed by atoms with Crippen LogP contribution in [-0.4, -0.2) is 77.5 Å². The smallest absolute Gasteiger partial charge is 0.259 e. The number of carbonyl (C=O) groups excluding carboxylic acids is 2. The maximum atomic E-state index is 14.4. The van der Waals surface area contributed by atoms with Crippen LogP contribution in [0.2, 0.25) is 5.02 Å². The zero-order chi connectivity index (χ0) is 21.3. The van der Waals surface area contributed by atoms with Gasteiger partial charge in [-0.25, -0.2) is 4.39 Å². The normalized spacial score (nSPS) is 17.6. The zero-order valence-corrected chi connectivity index (χ0v) is 17.6. The Morgan fingerprint density at radius 1 is 1.10 bits per heavy atom. The molecule has 9 heteroatoms. The number of likely N-dealkylation sites (tertiary alicyclic amines) is 1. The molecule has 2 amide bonds. The molecule has 0 bridgehead atoms. The number of carbonyl (C=O) groups is 2. The van der Waals surface area contributed by atoms with Crippen molar-refractivity contribution < 1.29 is 18.5 Å². The predicted octanol–water partition coefficient (Wildman–Crippen LogP) is 2.82. The third-order valence-electron chi connectivity index (χ3n) is 5.75. The number of hydrogen-bond acceptors (Lipinski definition) is 5. The highest BCUT2D eigenvalue weighted by Gasteiger charge is 2.31. The quantitative estimate of drug-likeness (QED) is 0.740. The molecule has 2 aromatic rings. The molecule has 3 heterocycles. The summed E-state index contributed by atoms with van der Waals surface area (Å²) in [6.45, 7) is 5.84. The molecule has 0 spiro atoms. The zero-order valence-electron chi connectivity index (χ0n) is 16.9. The van der Waals surface area contributed by atoms with E-state index >= 15 is 0 Å². The average Bonchev–Trinajstić information content (AvgIpc) is 3.38. The van der Waals surface area contributed by atoms with Gasteiger partial charge in [-0.15, -0.1) is 0 Å². The van der Waals surface area contributed by atoms with Crippen LogP contribution in [-0.2, 0) is 4.79 Å². The van der Waals surface area contributed by atoms with Gasteiger partial charge in [0.25, 0.3) is 5.91 Å². The molecule has 4 rings (SSSR count). The number of nitrogens with zero attached hydrogens (tertiary/aromatic N) is 4. The minimum absolute atomic E-state index is 0.0641. The molecule has 2 aliphatic heterocycles. The summed E-state index contributed by atoms with van der Waals surface area (Å²) in [7, 11) is 0. The van der Waals surface area contributed by atoms with Gasteiger partial charge in [0, 0.05) is 39.3 Å². The second-order valence-corrected chi connectivity index (χ2v) is 8.12. The molecule has 30 heavy (non-hydrogen) atoms. The first-order valence-electron chi connectivity index (χ1n) is 10.2. The maximum Gasteiger partial charge on any atom is 0.259 e. The fourth-order valence-electron chi connectivity index (χ4n) is 4.04. The highest BCUT2D eigenvalue weighted by Crippen LogP contribution is 2.34. The molecule has 2 aliphatic rings. The second-order valence-electron chi connectivity index (χ2n) is 7.72. The summed E-state index contributed by atoms with van der Waals surface area (Å²) in [5, 5.41) is 4.08. The first-order chi connectivity index (χ1) is 14.5. The number of benzene rings is 1. The van der Waals surface area contributed by atoms with Crippen LogP contribution in [0.3, 0.4) is 0 Å². The molecule has 7 nitrogen and oxygen atoms in total. The lowest BCUT2D eigenvalue weighted by Gasteiger charge is -2.35. The molecule has 0 unspecified atom stereocenters. The number of halogens is 2. The summed E-state index contributed by atoms with van der Waals surface area (Å²) in [5.41, 5.74) is 0.407. The van der Waals surface area contributed by atoms with E-state index in [1.165, 1.54) is 12.1 Å². The fourth-order valence-corrected chi connectivity index (χ4v) is 4.30. The highest BCUT2D eigenvalue weighted by molar-refractivity contribution is 6.33. The Bertz CT molecular complexity index is 929. The van der Waals surface area contributed by atoms with Crippen molar-refractivity contribution in [3.8, 4) is 11.3 Å². The minimum Gasteiger partial charge on any atom is -0.360 e. The molecule has 0 saturated carbocycles. The molecule has 1 aromatic heterocycles. The Balaban J connectivity index is 1.45. The van der Waals surface area contributed by atoms with Crippen molar-refractivity contribution >= 4 is 23.4 Å². The van der Waals surface area contributed by atoms with Gasteiger partial charge in [-0.1, -0.05) is 22.8 Å². The van der Waals surface area contributed by atoms with E-state index in [4.69, 9.17) is 16.1 Å². The lowest BCUT2D eigenvalue weighted by Crippen LogP contribution is -2.51. The van der Waals surface area contributed by atoms with Gasteiger partial charge in [-0.05, 0) is 31.9 Å². The van der Waals surface area contributed by atoms with Crippen LogP contribution in [0, 0.1) is 12.7 Å². The SMILES string of the molecule is Cc1onc(-c2c(F)cccc2Cl)c1C(=O)N1CCN(CC(=O)N2CCCC2)CC1. The van der Waals surface area contributed by atoms with Crippen molar-refractivity contribution in [3.05, 3.63) is 40.4 Å². The molecule has 2 saturated heterocycles. The second kappa shape index (κ2) is 8.73. The summed E-state index contributed by atoms with van der Waals surface area (Å²) >= 11 is 6.17.